The standard InChI is InChI=1S/C13H12BrNOS.C12H11N/c14-10-2-1-9(13(16)7-10)8-15-11-3-5-12(17)6-4-11;13-12-8-6-11(7-9-12)10-4-2-1-3-5-10/h1-7,15-17H,8H2;1-9H,13H2. The number of nitrogens with one attached hydrogen (secondary N) is 1. The molecule has 0 saturated carbocycles. The monoisotopic (exact) mass is 478 g/mol. The molecule has 0 spiro atoms. The van der Waals surface area contributed by atoms with E-state index in [1.165, 1.54) is 11.1 Å². The highest BCUT2D eigenvalue weighted by Gasteiger charge is 2.01. The minimum Gasteiger partial charge on any atom is -0.508 e. The van der Waals surface area contributed by atoms with Crippen molar-refractivity contribution >= 4 is 39.9 Å². The largest absolute Gasteiger partial charge is 0.508 e. The minimum absolute atomic E-state index is 0.290. The summed E-state index contributed by atoms with van der Waals surface area (Å²) in [6.07, 6.45) is 0. The molecule has 0 amide bonds. The molecule has 30 heavy (non-hydrogen) atoms. The van der Waals surface area contributed by atoms with Crippen molar-refractivity contribution in [1.82, 2.24) is 0 Å². The fourth-order valence-corrected chi connectivity index (χ4v) is 3.27. The van der Waals surface area contributed by atoms with E-state index in [1.807, 2.05) is 78.9 Å². The number of halogens is 1. The van der Waals surface area contributed by atoms with Crippen LogP contribution in [0.15, 0.2) is 106 Å². The van der Waals surface area contributed by atoms with Crippen molar-refractivity contribution in [3.63, 3.8) is 0 Å². The van der Waals surface area contributed by atoms with Crippen molar-refractivity contribution in [3.05, 3.63) is 107 Å². The number of hydrogen-bond donors (Lipinski definition) is 4. The molecule has 0 unspecified atom stereocenters. The van der Waals surface area contributed by atoms with E-state index in [-0.39, 0.29) is 5.75 Å². The summed E-state index contributed by atoms with van der Waals surface area (Å²) in [6.45, 7) is 0.588. The van der Waals surface area contributed by atoms with Gasteiger partial charge in [0.15, 0.2) is 0 Å². The van der Waals surface area contributed by atoms with Crippen LogP contribution in [0.25, 0.3) is 11.1 Å². The van der Waals surface area contributed by atoms with Crippen molar-refractivity contribution in [1.29, 1.82) is 0 Å². The maximum atomic E-state index is 9.73. The zero-order valence-electron chi connectivity index (χ0n) is 16.3. The van der Waals surface area contributed by atoms with Crippen LogP contribution in [0, 0.1) is 0 Å². The lowest BCUT2D eigenvalue weighted by atomic mass is 10.1. The molecular weight excluding hydrogens is 456 g/mol. The van der Waals surface area contributed by atoms with Gasteiger partial charge in [-0.25, -0.2) is 0 Å². The second kappa shape index (κ2) is 10.8. The molecule has 0 atom stereocenters. The van der Waals surface area contributed by atoms with Crippen LogP contribution in [-0.2, 0) is 6.54 Å². The molecule has 0 fully saturated rings. The van der Waals surface area contributed by atoms with E-state index in [9.17, 15) is 5.11 Å². The van der Waals surface area contributed by atoms with E-state index in [0.29, 0.717) is 6.54 Å². The Labute approximate surface area is 191 Å². The maximum Gasteiger partial charge on any atom is 0.121 e. The van der Waals surface area contributed by atoms with E-state index in [2.05, 4.69) is 46.0 Å². The quantitative estimate of drug-likeness (QED) is 0.189. The molecule has 0 heterocycles. The fraction of sp³-hybridized carbons (Fsp3) is 0.0400. The van der Waals surface area contributed by atoms with Crippen molar-refractivity contribution in [2.24, 2.45) is 0 Å². The Bertz CT molecular complexity index is 1070. The van der Waals surface area contributed by atoms with Gasteiger partial charge in [0.25, 0.3) is 0 Å². The van der Waals surface area contributed by atoms with Crippen LogP contribution in [0.4, 0.5) is 11.4 Å². The highest BCUT2D eigenvalue weighted by molar-refractivity contribution is 9.10. The first kappa shape index (κ1) is 21.8. The van der Waals surface area contributed by atoms with Crippen molar-refractivity contribution in [2.75, 3.05) is 11.1 Å². The Kier molecular flexibility index (Phi) is 7.82. The second-order valence-electron chi connectivity index (χ2n) is 6.66. The molecule has 5 heteroatoms. The van der Waals surface area contributed by atoms with E-state index in [4.69, 9.17) is 5.73 Å². The average Bonchev–Trinajstić information content (AvgIpc) is 2.76. The number of thiol groups is 1. The van der Waals surface area contributed by atoms with Gasteiger partial charge in [-0.15, -0.1) is 12.6 Å². The van der Waals surface area contributed by atoms with Gasteiger partial charge in [-0.2, -0.15) is 0 Å². The molecule has 4 N–H and O–H groups in total. The Morgan fingerprint density at radius 2 is 1.43 bits per heavy atom. The number of aromatic hydroxyl groups is 1. The first-order valence-corrected chi connectivity index (χ1v) is 10.7. The van der Waals surface area contributed by atoms with Gasteiger partial charge in [0.1, 0.15) is 5.75 Å². The van der Waals surface area contributed by atoms with Gasteiger partial charge in [-0.05, 0) is 59.7 Å². The number of anilines is 2. The number of phenols is 1. The summed E-state index contributed by atoms with van der Waals surface area (Å²) in [5.41, 5.74) is 10.7. The molecule has 152 valence electrons. The van der Waals surface area contributed by atoms with Crippen molar-refractivity contribution in [3.8, 4) is 16.9 Å². The van der Waals surface area contributed by atoms with Gasteiger partial charge >= 0.3 is 0 Å². The molecule has 4 aromatic rings. The molecule has 3 nitrogen and oxygen atoms in total. The predicted octanol–water partition coefficient (Wildman–Crippen LogP) is 6.99. The lowest BCUT2D eigenvalue weighted by Crippen LogP contribution is -1.99. The number of hydrogen-bond acceptors (Lipinski definition) is 4. The van der Waals surface area contributed by atoms with Crippen LogP contribution in [0.1, 0.15) is 5.56 Å². The zero-order chi connectivity index (χ0) is 21.3. The average molecular weight is 479 g/mol. The number of nitrogens with two attached hydrogens (primary N) is 1. The normalized spacial score (nSPS) is 10.1. The second-order valence-corrected chi connectivity index (χ2v) is 8.09. The van der Waals surface area contributed by atoms with Gasteiger partial charge in [0, 0.05) is 32.9 Å². The molecule has 0 bridgehead atoms. The van der Waals surface area contributed by atoms with Gasteiger partial charge < -0.3 is 16.2 Å². The van der Waals surface area contributed by atoms with E-state index >= 15 is 0 Å². The number of phenolic OH excluding ortho intramolecular Hbond substituents is 1. The summed E-state index contributed by atoms with van der Waals surface area (Å²) >= 11 is 7.54. The molecule has 0 aromatic heterocycles. The van der Waals surface area contributed by atoms with Crippen molar-refractivity contribution < 1.29 is 5.11 Å². The Morgan fingerprint density at radius 3 is 2.07 bits per heavy atom. The highest BCUT2D eigenvalue weighted by Crippen LogP contribution is 2.23. The van der Waals surface area contributed by atoms with Crippen LogP contribution in [-0.4, -0.2) is 5.11 Å². The Morgan fingerprint density at radius 1 is 0.800 bits per heavy atom. The van der Waals surface area contributed by atoms with Gasteiger partial charge in [0.2, 0.25) is 0 Å². The number of nitrogen functional groups attached to an aromatic ring is 1. The first-order chi connectivity index (χ1) is 14.5. The number of benzene rings is 4. The van der Waals surface area contributed by atoms with Gasteiger partial charge in [-0.1, -0.05) is 64.5 Å². The summed E-state index contributed by atoms with van der Waals surface area (Å²) < 4.78 is 0.873. The summed E-state index contributed by atoms with van der Waals surface area (Å²) in [4.78, 5) is 0.932. The van der Waals surface area contributed by atoms with E-state index in [1.54, 1.807) is 6.07 Å². The van der Waals surface area contributed by atoms with Crippen LogP contribution < -0.4 is 11.1 Å². The lowest BCUT2D eigenvalue weighted by Gasteiger charge is -2.08. The Hall–Kier alpha value is -2.89. The molecule has 0 aliphatic rings. The van der Waals surface area contributed by atoms with Crippen LogP contribution in [0.2, 0.25) is 0 Å². The minimum atomic E-state index is 0.290. The zero-order valence-corrected chi connectivity index (χ0v) is 18.8. The highest BCUT2D eigenvalue weighted by atomic mass is 79.9. The molecule has 0 aliphatic heterocycles. The van der Waals surface area contributed by atoms with Crippen molar-refractivity contribution in [2.45, 2.75) is 11.4 Å². The molecule has 4 aromatic carbocycles. The van der Waals surface area contributed by atoms with Crippen LogP contribution >= 0.6 is 28.6 Å². The summed E-state index contributed by atoms with van der Waals surface area (Å²) in [6, 6.07) is 31.4. The first-order valence-electron chi connectivity index (χ1n) is 9.42. The SMILES string of the molecule is Nc1ccc(-c2ccccc2)cc1.Oc1cc(Br)ccc1CNc1ccc(S)cc1. The lowest BCUT2D eigenvalue weighted by molar-refractivity contribution is 0.468. The molecule has 0 aliphatic carbocycles. The number of rotatable bonds is 4. The third-order valence-electron chi connectivity index (χ3n) is 4.42. The summed E-state index contributed by atoms with van der Waals surface area (Å²) in [7, 11) is 0. The molecular formula is C25H23BrN2OS. The maximum absolute atomic E-state index is 9.73. The molecule has 0 radical (unpaired) electrons. The smallest absolute Gasteiger partial charge is 0.121 e. The van der Waals surface area contributed by atoms with Gasteiger partial charge in [-0.3, -0.25) is 0 Å². The molecule has 0 saturated heterocycles. The summed E-state index contributed by atoms with van der Waals surface area (Å²) in [5.74, 6) is 0.290. The predicted molar refractivity (Wildman–Crippen MR) is 133 cm³/mol. The van der Waals surface area contributed by atoms with Gasteiger partial charge in [0.05, 0.1) is 0 Å². The Balaban J connectivity index is 0.000000177. The molecule has 4 rings (SSSR count). The van der Waals surface area contributed by atoms with E-state index < -0.39 is 0 Å². The third-order valence-corrected chi connectivity index (χ3v) is 5.21. The van der Waals surface area contributed by atoms with Crippen LogP contribution in [0.5, 0.6) is 5.75 Å². The summed E-state index contributed by atoms with van der Waals surface area (Å²) in [5, 5.41) is 13.0. The fourth-order valence-electron chi connectivity index (χ4n) is 2.77. The third kappa shape index (κ3) is 6.58. The van der Waals surface area contributed by atoms with E-state index in [0.717, 1.165) is 26.3 Å². The van der Waals surface area contributed by atoms with Crippen LogP contribution in [0.3, 0.4) is 0 Å². The topological polar surface area (TPSA) is 58.3 Å².